The van der Waals surface area contributed by atoms with Crippen molar-refractivity contribution in [1.82, 2.24) is 9.97 Å². The molecule has 0 saturated carbocycles. The zero-order chi connectivity index (χ0) is 14.1. The quantitative estimate of drug-likeness (QED) is 0.774. The van der Waals surface area contributed by atoms with Crippen LogP contribution >= 0.6 is 0 Å². The Morgan fingerprint density at radius 3 is 2.21 bits per heavy atom. The zero-order valence-electron chi connectivity index (χ0n) is 11.3. The van der Waals surface area contributed by atoms with Gasteiger partial charge in [-0.05, 0) is 13.8 Å². The maximum Gasteiger partial charge on any atom is 0.138 e. The van der Waals surface area contributed by atoms with E-state index in [0.29, 0.717) is 0 Å². The van der Waals surface area contributed by atoms with Crippen molar-refractivity contribution in [2.45, 2.75) is 13.8 Å². The van der Waals surface area contributed by atoms with Crippen LogP contribution in [0, 0.1) is 0 Å². The van der Waals surface area contributed by atoms with Crippen molar-refractivity contribution in [3.63, 3.8) is 0 Å². The van der Waals surface area contributed by atoms with E-state index in [1.807, 2.05) is 26.0 Å². The minimum atomic E-state index is 0.759. The molecule has 4 heteroatoms. The van der Waals surface area contributed by atoms with Crippen LogP contribution in [0.15, 0.2) is 53.9 Å². The highest BCUT2D eigenvalue weighted by Crippen LogP contribution is 2.14. The van der Waals surface area contributed by atoms with Crippen molar-refractivity contribution >= 4 is 23.6 Å². The maximum absolute atomic E-state index is 4.34. The van der Waals surface area contributed by atoms with Gasteiger partial charge in [-0.2, -0.15) is 0 Å². The van der Waals surface area contributed by atoms with E-state index in [1.165, 1.54) is 12.4 Å². The Morgan fingerprint density at radius 2 is 1.68 bits per heavy atom. The lowest BCUT2D eigenvalue weighted by Gasteiger charge is -1.97. The van der Waals surface area contributed by atoms with E-state index < -0.39 is 0 Å². The summed E-state index contributed by atoms with van der Waals surface area (Å²) in [5, 5.41) is 0. The van der Waals surface area contributed by atoms with Gasteiger partial charge in [0.2, 0.25) is 0 Å². The highest BCUT2D eigenvalue weighted by molar-refractivity contribution is 6.10. The second kappa shape index (κ2) is 7.76. The number of aromatic amines is 1. The van der Waals surface area contributed by atoms with Gasteiger partial charge in [0.05, 0.1) is 11.9 Å². The molecule has 1 rings (SSSR count). The van der Waals surface area contributed by atoms with Crippen LogP contribution in [0.3, 0.4) is 0 Å². The number of hydrogen-bond donors (Lipinski definition) is 1. The third kappa shape index (κ3) is 4.03. The topological polar surface area (TPSA) is 53.4 Å². The van der Waals surface area contributed by atoms with Gasteiger partial charge in [-0.15, -0.1) is 0 Å². The fourth-order valence-electron chi connectivity index (χ4n) is 1.45. The molecule has 0 spiro atoms. The summed E-state index contributed by atoms with van der Waals surface area (Å²) in [5.41, 5.74) is 2.76. The van der Waals surface area contributed by atoms with Gasteiger partial charge in [0.25, 0.3) is 0 Å². The summed E-state index contributed by atoms with van der Waals surface area (Å²) in [5.74, 6) is 0.759. The van der Waals surface area contributed by atoms with Crippen molar-refractivity contribution in [1.29, 1.82) is 0 Å². The largest absolute Gasteiger partial charge is 0.338 e. The lowest BCUT2D eigenvalue weighted by molar-refractivity contribution is 1.24. The molecule has 4 nitrogen and oxygen atoms in total. The van der Waals surface area contributed by atoms with Crippen LogP contribution in [-0.4, -0.2) is 22.4 Å². The molecule has 19 heavy (non-hydrogen) atoms. The summed E-state index contributed by atoms with van der Waals surface area (Å²) >= 11 is 0. The Bertz CT molecular complexity index is 508. The Kier molecular flexibility index (Phi) is 5.95. The summed E-state index contributed by atoms with van der Waals surface area (Å²) in [4.78, 5) is 15.6. The standard InChI is InChI=1S/C15H18N4/c1-5-12(9-16-7-3)14-11-18-15(19-14)13(6-2)10-17-8-4/h5-11H,3-4H2,1-2H3,(H,18,19)/b12-5+,13-6+,16-9?,17-10?. The molecule has 0 unspecified atom stereocenters. The van der Waals surface area contributed by atoms with Crippen LogP contribution in [0.25, 0.3) is 11.1 Å². The van der Waals surface area contributed by atoms with E-state index in [1.54, 1.807) is 18.6 Å². The highest BCUT2D eigenvalue weighted by atomic mass is 14.9. The number of hydrogen-bond acceptors (Lipinski definition) is 3. The van der Waals surface area contributed by atoms with Gasteiger partial charge in [-0.3, -0.25) is 9.98 Å². The van der Waals surface area contributed by atoms with Crippen LogP contribution in [-0.2, 0) is 0 Å². The number of aliphatic imine (C=N–C) groups is 2. The average Bonchev–Trinajstić information content (AvgIpc) is 2.90. The molecule has 98 valence electrons. The van der Waals surface area contributed by atoms with Crippen LogP contribution in [0.2, 0.25) is 0 Å². The van der Waals surface area contributed by atoms with Gasteiger partial charge in [-0.1, -0.05) is 25.3 Å². The number of H-pyrrole nitrogens is 1. The summed E-state index contributed by atoms with van der Waals surface area (Å²) < 4.78 is 0. The summed E-state index contributed by atoms with van der Waals surface area (Å²) in [6.07, 6.45) is 12.1. The SMILES string of the molecule is C=CN=C/C(=C\C)c1cnc(/C(C=NC=C)=C/C)[nH]1. The monoisotopic (exact) mass is 254 g/mol. The van der Waals surface area contributed by atoms with E-state index in [9.17, 15) is 0 Å². The first-order valence-corrected chi connectivity index (χ1v) is 5.93. The zero-order valence-corrected chi connectivity index (χ0v) is 11.3. The number of allylic oxidation sites excluding steroid dienone is 4. The van der Waals surface area contributed by atoms with Crippen molar-refractivity contribution in [2.24, 2.45) is 9.98 Å². The predicted molar refractivity (Wildman–Crippen MR) is 83.3 cm³/mol. The van der Waals surface area contributed by atoms with Crippen LogP contribution < -0.4 is 0 Å². The molecule has 0 fully saturated rings. The van der Waals surface area contributed by atoms with Crippen LogP contribution in [0.1, 0.15) is 25.4 Å². The van der Waals surface area contributed by atoms with Crippen molar-refractivity contribution in [3.8, 4) is 0 Å². The molecule has 0 aliphatic heterocycles. The summed E-state index contributed by atoms with van der Waals surface area (Å²) in [6.45, 7) is 11.0. The number of nitrogens with one attached hydrogen (secondary N) is 1. The number of nitrogens with zero attached hydrogens (tertiary/aromatic N) is 3. The molecule has 0 saturated heterocycles. The molecule has 1 aromatic rings. The summed E-state index contributed by atoms with van der Waals surface area (Å²) in [7, 11) is 0. The van der Waals surface area contributed by atoms with Crippen molar-refractivity contribution in [2.75, 3.05) is 0 Å². The number of aromatic nitrogens is 2. The molecule has 0 aromatic carbocycles. The molecular formula is C15H18N4. The van der Waals surface area contributed by atoms with E-state index in [0.717, 1.165) is 22.7 Å². The molecule has 0 bridgehead atoms. The summed E-state index contributed by atoms with van der Waals surface area (Å²) in [6, 6.07) is 0. The van der Waals surface area contributed by atoms with E-state index in [4.69, 9.17) is 0 Å². The van der Waals surface area contributed by atoms with Gasteiger partial charge in [0.1, 0.15) is 5.82 Å². The molecule has 0 radical (unpaired) electrons. The fourth-order valence-corrected chi connectivity index (χ4v) is 1.45. The third-order valence-corrected chi connectivity index (χ3v) is 2.42. The molecule has 0 aliphatic carbocycles. The van der Waals surface area contributed by atoms with Gasteiger partial charge in [-0.25, -0.2) is 4.98 Å². The normalized spacial score (nSPS) is 13.4. The average molecular weight is 254 g/mol. The van der Waals surface area contributed by atoms with Gasteiger partial charge >= 0.3 is 0 Å². The second-order valence-corrected chi connectivity index (χ2v) is 3.56. The Morgan fingerprint density at radius 1 is 1.11 bits per heavy atom. The van der Waals surface area contributed by atoms with Crippen LogP contribution in [0.4, 0.5) is 0 Å². The number of imidazole rings is 1. The second-order valence-electron chi connectivity index (χ2n) is 3.56. The first-order valence-electron chi connectivity index (χ1n) is 5.93. The first kappa shape index (κ1) is 14.6. The molecule has 0 atom stereocenters. The Balaban J connectivity index is 3.04. The third-order valence-electron chi connectivity index (χ3n) is 2.42. The van der Waals surface area contributed by atoms with E-state index >= 15 is 0 Å². The molecule has 1 N–H and O–H groups in total. The van der Waals surface area contributed by atoms with Crippen molar-refractivity contribution in [3.05, 3.63) is 55.4 Å². The lowest BCUT2D eigenvalue weighted by atomic mass is 10.2. The van der Waals surface area contributed by atoms with Gasteiger partial charge in [0.15, 0.2) is 0 Å². The number of rotatable bonds is 6. The molecule has 0 aliphatic rings. The minimum absolute atomic E-state index is 0.759. The lowest BCUT2D eigenvalue weighted by Crippen LogP contribution is -1.90. The smallest absolute Gasteiger partial charge is 0.138 e. The predicted octanol–water partition coefficient (Wildman–Crippen LogP) is 3.64. The first-order chi connectivity index (χ1) is 9.26. The Hall–Kier alpha value is -2.49. The van der Waals surface area contributed by atoms with Gasteiger partial charge in [0, 0.05) is 36.0 Å². The molecular weight excluding hydrogens is 236 g/mol. The Labute approximate surface area is 113 Å². The van der Waals surface area contributed by atoms with Crippen molar-refractivity contribution < 1.29 is 0 Å². The minimum Gasteiger partial charge on any atom is -0.338 e. The van der Waals surface area contributed by atoms with E-state index in [2.05, 4.69) is 33.1 Å². The van der Waals surface area contributed by atoms with Crippen LogP contribution in [0.5, 0.6) is 0 Å². The molecule has 0 amide bonds. The molecule has 1 aromatic heterocycles. The maximum atomic E-state index is 4.34. The van der Waals surface area contributed by atoms with Gasteiger partial charge < -0.3 is 4.98 Å². The fraction of sp³-hybridized carbons (Fsp3) is 0.133. The molecule has 1 heterocycles. The highest BCUT2D eigenvalue weighted by Gasteiger charge is 2.06. The van der Waals surface area contributed by atoms with E-state index in [-0.39, 0.29) is 0 Å².